The highest BCUT2D eigenvalue weighted by Gasteiger charge is 2.55. The molecule has 6 nitrogen and oxygen atoms in total. The van der Waals surface area contributed by atoms with Crippen LogP contribution < -0.4 is 15.2 Å². The van der Waals surface area contributed by atoms with Gasteiger partial charge in [-0.05, 0) is 30.9 Å². The summed E-state index contributed by atoms with van der Waals surface area (Å²) in [5.41, 5.74) is 5.09. The molecule has 0 radical (unpaired) electrons. The number of nitrogens with zero attached hydrogens (tertiary/aromatic N) is 1. The molecule has 3 atom stereocenters. The van der Waals surface area contributed by atoms with Crippen LogP contribution in [0, 0.1) is 11.3 Å². The van der Waals surface area contributed by atoms with Crippen LogP contribution in [-0.4, -0.2) is 42.5 Å². The summed E-state index contributed by atoms with van der Waals surface area (Å²) in [6, 6.07) is 5.06. The predicted octanol–water partition coefficient (Wildman–Crippen LogP) is 1.59. The van der Waals surface area contributed by atoms with E-state index in [2.05, 4.69) is 0 Å². The molecule has 2 heterocycles. The first kappa shape index (κ1) is 15.6. The Labute approximate surface area is 144 Å². The van der Waals surface area contributed by atoms with Crippen LogP contribution in [0.25, 0.3) is 0 Å². The average molecular weight is 351 g/mol. The molecule has 24 heavy (non-hydrogen) atoms. The fraction of sp³-hybridized carbons (Fsp3) is 0.529. The molecule has 0 spiro atoms. The zero-order chi connectivity index (χ0) is 16.9. The van der Waals surface area contributed by atoms with Gasteiger partial charge in [0, 0.05) is 24.2 Å². The maximum atomic E-state index is 12.8. The number of nitrogens with two attached hydrogens (primary N) is 1. The highest BCUT2D eigenvalue weighted by molar-refractivity contribution is 6.30. The van der Waals surface area contributed by atoms with Crippen molar-refractivity contribution in [3.8, 4) is 11.5 Å². The van der Waals surface area contributed by atoms with E-state index in [1.54, 1.807) is 23.1 Å². The Kier molecular flexibility index (Phi) is 3.60. The summed E-state index contributed by atoms with van der Waals surface area (Å²) >= 11 is 5.92. The van der Waals surface area contributed by atoms with Crippen LogP contribution in [0.4, 0.5) is 0 Å². The number of primary amides is 1. The van der Waals surface area contributed by atoms with E-state index in [4.69, 9.17) is 26.8 Å². The van der Waals surface area contributed by atoms with Crippen molar-refractivity contribution in [1.29, 1.82) is 0 Å². The highest BCUT2D eigenvalue weighted by atomic mass is 35.5. The number of carbonyl (C=O) groups excluding carboxylic acids is 2. The van der Waals surface area contributed by atoms with Crippen molar-refractivity contribution in [2.45, 2.75) is 25.4 Å². The van der Waals surface area contributed by atoms with Gasteiger partial charge in [0.25, 0.3) is 5.91 Å². The van der Waals surface area contributed by atoms with Gasteiger partial charge in [0.1, 0.15) is 6.61 Å². The second kappa shape index (κ2) is 5.55. The summed E-state index contributed by atoms with van der Waals surface area (Å²) in [6.07, 6.45) is 1.99. The molecule has 1 aromatic carbocycles. The Morgan fingerprint density at radius 1 is 1.33 bits per heavy atom. The molecular weight excluding hydrogens is 332 g/mol. The van der Waals surface area contributed by atoms with Gasteiger partial charge < -0.3 is 20.1 Å². The third kappa shape index (κ3) is 2.32. The van der Waals surface area contributed by atoms with Gasteiger partial charge in [0.05, 0.1) is 5.41 Å². The van der Waals surface area contributed by atoms with Gasteiger partial charge in [-0.15, -0.1) is 0 Å². The number of hydrogen-bond acceptors (Lipinski definition) is 4. The van der Waals surface area contributed by atoms with E-state index < -0.39 is 11.5 Å². The number of likely N-dealkylation sites (tertiary alicyclic amines) is 1. The van der Waals surface area contributed by atoms with Gasteiger partial charge in [-0.1, -0.05) is 18.0 Å². The summed E-state index contributed by atoms with van der Waals surface area (Å²) in [6.45, 7) is 1.09. The summed E-state index contributed by atoms with van der Waals surface area (Å²) in [7, 11) is 0. The fourth-order valence-electron chi connectivity index (χ4n) is 4.23. The van der Waals surface area contributed by atoms with Crippen LogP contribution in [0.1, 0.15) is 19.3 Å². The van der Waals surface area contributed by atoms with Gasteiger partial charge in [-0.25, -0.2) is 0 Å². The minimum Gasteiger partial charge on any atom is -0.485 e. The van der Waals surface area contributed by atoms with Crippen molar-refractivity contribution in [3.63, 3.8) is 0 Å². The lowest BCUT2D eigenvalue weighted by Gasteiger charge is -2.30. The van der Waals surface area contributed by atoms with E-state index in [1.165, 1.54) is 0 Å². The Bertz CT molecular complexity index is 710. The Morgan fingerprint density at radius 3 is 2.92 bits per heavy atom. The van der Waals surface area contributed by atoms with Crippen LogP contribution in [-0.2, 0) is 9.59 Å². The second-order valence-corrected chi connectivity index (χ2v) is 7.27. The molecule has 2 N–H and O–H groups in total. The lowest BCUT2D eigenvalue weighted by Crippen LogP contribution is -2.47. The number of ether oxygens (including phenoxy) is 2. The molecule has 1 saturated heterocycles. The molecule has 0 aromatic heterocycles. The summed E-state index contributed by atoms with van der Waals surface area (Å²) in [5, 5.41) is 0.554. The molecule has 0 bridgehead atoms. The molecule has 1 aliphatic carbocycles. The van der Waals surface area contributed by atoms with Gasteiger partial charge in [-0.3, -0.25) is 9.59 Å². The molecule has 2 amide bonds. The van der Waals surface area contributed by atoms with Gasteiger partial charge >= 0.3 is 0 Å². The summed E-state index contributed by atoms with van der Waals surface area (Å²) in [5.74, 6) is 0.771. The second-order valence-electron chi connectivity index (χ2n) is 6.84. The Hall–Kier alpha value is -1.95. The zero-order valence-electron chi connectivity index (χ0n) is 13.2. The van der Waals surface area contributed by atoms with E-state index in [9.17, 15) is 9.59 Å². The van der Waals surface area contributed by atoms with E-state index in [-0.39, 0.29) is 24.3 Å². The SMILES string of the molecule is NC(=O)[C@]12CCC[C@H]1CN(C(=O)C1COc3cc(Cl)ccc3O1)C2. The first-order chi connectivity index (χ1) is 11.5. The van der Waals surface area contributed by atoms with E-state index in [0.717, 1.165) is 19.3 Å². The van der Waals surface area contributed by atoms with Crippen molar-refractivity contribution < 1.29 is 19.1 Å². The van der Waals surface area contributed by atoms with Gasteiger partial charge in [-0.2, -0.15) is 0 Å². The standard InChI is InChI=1S/C17H19ClN2O4/c18-11-3-4-12-13(6-11)23-8-14(24-12)15(21)20-7-10-2-1-5-17(10,9-20)16(19)22/h3-4,6,10,14H,1-2,5,7-9H2,(H2,19,22)/t10-,14?,17-/m0/s1. The van der Waals surface area contributed by atoms with E-state index in [0.29, 0.717) is 29.6 Å². The zero-order valence-corrected chi connectivity index (χ0v) is 13.9. The van der Waals surface area contributed by atoms with Crippen molar-refractivity contribution >= 4 is 23.4 Å². The van der Waals surface area contributed by atoms with Gasteiger partial charge in [0.15, 0.2) is 11.5 Å². The molecule has 2 fully saturated rings. The maximum absolute atomic E-state index is 12.8. The van der Waals surface area contributed by atoms with Crippen LogP contribution in [0.2, 0.25) is 5.02 Å². The third-order valence-electron chi connectivity index (χ3n) is 5.51. The molecule has 2 aliphatic heterocycles. The van der Waals surface area contributed by atoms with Crippen molar-refractivity contribution in [1.82, 2.24) is 4.90 Å². The van der Waals surface area contributed by atoms with Crippen molar-refractivity contribution in [3.05, 3.63) is 23.2 Å². The van der Waals surface area contributed by atoms with Crippen molar-refractivity contribution in [2.24, 2.45) is 17.1 Å². The highest BCUT2D eigenvalue weighted by Crippen LogP contribution is 2.48. The van der Waals surface area contributed by atoms with Crippen LogP contribution in [0.3, 0.4) is 0 Å². The lowest BCUT2D eigenvalue weighted by molar-refractivity contribution is -0.141. The summed E-state index contributed by atoms with van der Waals surface area (Å²) in [4.78, 5) is 26.5. The number of rotatable bonds is 2. The predicted molar refractivity (Wildman–Crippen MR) is 86.9 cm³/mol. The van der Waals surface area contributed by atoms with E-state index >= 15 is 0 Å². The number of hydrogen-bond donors (Lipinski definition) is 1. The lowest BCUT2D eigenvalue weighted by atomic mass is 9.80. The monoisotopic (exact) mass is 350 g/mol. The minimum atomic E-state index is -0.706. The van der Waals surface area contributed by atoms with Gasteiger partial charge in [0.2, 0.25) is 12.0 Å². The number of carbonyl (C=O) groups is 2. The first-order valence-electron chi connectivity index (χ1n) is 8.17. The molecule has 1 unspecified atom stereocenters. The maximum Gasteiger partial charge on any atom is 0.267 e. The van der Waals surface area contributed by atoms with Crippen LogP contribution >= 0.6 is 11.6 Å². The minimum absolute atomic E-state index is 0.136. The first-order valence-corrected chi connectivity index (χ1v) is 8.55. The molecule has 7 heteroatoms. The molecule has 3 aliphatic rings. The Morgan fingerprint density at radius 2 is 2.17 bits per heavy atom. The third-order valence-corrected chi connectivity index (χ3v) is 5.75. The van der Waals surface area contributed by atoms with E-state index in [1.807, 2.05) is 0 Å². The Balaban J connectivity index is 1.50. The largest absolute Gasteiger partial charge is 0.485 e. The number of fused-ring (bicyclic) bond motifs is 2. The quantitative estimate of drug-likeness (QED) is 0.878. The summed E-state index contributed by atoms with van der Waals surface area (Å²) < 4.78 is 11.4. The number of halogens is 1. The van der Waals surface area contributed by atoms with Crippen molar-refractivity contribution in [2.75, 3.05) is 19.7 Å². The van der Waals surface area contributed by atoms with Crippen LogP contribution in [0.15, 0.2) is 18.2 Å². The smallest absolute Gasteiger partial charge is 0.267 e. The fourth-order valence-corrected chi connectivity index (χ4v) is 4.39. The topological polar surface area (TPSA) is 81.9 Å². The normalized spacial score (nSPS) is 31.0. The average Bonchev–Trinajstić information content (AvgIpc) is 3.12. The molecule has 128 valence electrons. The molecule has 4 rings (SSSR count). The number of benzene rings is 1. The number of amides is 2. The molecule has 1 saturated carbocycles. The van der Waals surface area contributed by atoms with Crippen LogP contribution in [0.5, 0.6) is 11.5 Å². The molecule has 1 aromatic rings. The molecular formula is C17H19ClN2O4.